The molecule has 0 saturated carbocycles. The molecule has 0 aliphatic carbocycles. The van der Waals surface area contributed by atoms with Crippen LogP contribution in [0.1, 0.15) is 17.0 Å². The molecule has 2 rings (SSSR count). The number of alkyl halides is 3. The first kappa shape index (κ1) is 10.6. The van der Waals surface area contributed by atoms with E-state index in [0.717, 1.165) is 0 Å². The van der Waals surface area contributed by atoms with Crippen molar-refractivity contribution in [2.45, 2.75) is 19.1 Å². The third kappa shape index (κ3) is 2.03. The molecular formula is C8H8F3N3S. The molecule has 3 nitrogen and oxygen atoms in total. The standard InChI is InChI=1S/C8H8F3N3S/c9-8(10,11)6-4-1-2-12-3-5(4)13-7(15)14-6/h12H,1-3H2,(H,13,14,15). The van der Waals surface area contributed by atoms with Gasteiger partial charge in [0.15, 0.2) is 10.5 Å². The zero-order valence-corrected chi connectivity index (χ0v) is 8.43. The van der Waals surface area contributed by atoms with Crippen LogP contribution in [0.25, 0.3) is 0 Å². The summed E-state index contributed by atoms with van der Waals surface area (Å²) in [6.45, 7) is 0.910. The highest BCUT2D eigenvalue weighted by Crippen LogP contribution is 2.32. The average Bonchev–Trinajstić information content (AvgIpc) is 2.15. The molecule has 82 valence electrons. The van der Waals surface area contributed by atoms with Gasteiger partial charge in [0, 0.05) is 17.8 Å². The number of hydrogen-bond acceptors (Lipinski definition) is 3. The first-order valence-electron chi connectivity index (χ1n) is 4.38. The Morgan fingerprint density at radius 1 is 1.33 bits per heavy atom. The Hall–Kier alpha value is -0.950. The number of aromatic amines is 1. The maximum Gasteiger partial charge on any atom is 0.433 e. The van der Waals surface area contributed by atoms with E-state index in [2.05, 4.69) is 27.5 Å². The van der Waals surface area contributed by atoms with Crippen LogP contribution in [0.3, 0.4) is 0 Å². The van der Waals surface area contributed by atoms with Crippen LogP contribution in [0, 0.1) is 4.77 Å². The van der Waals surface area contributed by atoms with Crippen molar-refractivity contribution in [1.82, 2.24) is 15.3 Å². The maximum atomic E-state index is 12.6. The van der Waals surface area contributed by atoms with Gasteiger partial charge >= 0.3 is 6.18 Å². The zero-order valence-electron chi connectivity index (χ0n) is 7.61. The minimum Gasteiger partial charge on any atom is -0.333 e. The minimum atomic E-state index is -4.43. The topological polar surface area (TPSA) is 40.7 Å². The van der Waals surface area contributed by atoms with E-state index in [1.165, 1.54) is 0 Å². The molecule has 0 radical (unpaired) electrons. The van der Waals surface area contributed by atoms with Gasteiger partial charge in [-0.25, -0.2) is 4.98 Å². The largest absolute Gasteiger partial charge is 0.433 e. The van der Waals surface area contributed by atoms with Crippen LogP contribution in [-0.2, 0) is 19.1 Å². The van der Waals surface area contributed by atoms with Crippen LogP contribution >= 0.6 is 12.2 Å². The fourth-order valence-electron chi connectivity index (χ4n) is 1.63. The monoisotopic (exact) mass is 235 g/mol. The number of hydrogen-bond donors (Lipinski definition) is 2. The van der Waals surface area contributed by atoms with E-state index in [1.807, 2.05) is 0 Å². The molecule has 0 bridgehead atoms. The molecule has 0 fully saturated rings. The Kier molecular flexibility index (Phi) is 2.51. The molecule has 0 unspecified atom stereocenters. The fourth-order valence-corrected chi connectivity index (χ4v) is 1.84. The van der Waals surface area contributed by atoms with E-state index in [1.54, 1.807) is 0 Å². The van der Waals surface area contributed by atoms with Gasteiger partial charge in [0.25, 0.3) is 0 Å². The molecule has 0 atom stereocenters. The summed E-state index contributed by atoms with van der Waals surface area (Å²) in [5.41, 5.74) is -0.119. The second kappa shape index (κ2) is 3.57. The van der Waals surface area contributed by atoms with Crippen LogP contribution in [0.4, 0.5) is 13.2 Å². The smallest absolute Gasteiger partial charge is 0.333 e. The third-order valence-corrected chi connectivity index (χ3v) is 2.44. The molecule has 0 amide bonds. The van der Waals surface area contributed by atoms with E-state index in [9.17, 15) is 13.2 Å². The van der Waals surface area contributed by atoms with Gasteiger partial charge in [-0.05, 0) is 25.2 Å². The molecule has 15 heavy (non-hydrogen) atoms. The summed E-state index contributed by atoms with van der Waals surface area (Å²) in [6, 6.07) is 0. The summed E-state index contributed by atoms with van der Waals surface area (Å²) in [6.07, 6.45) is -4.10. The summed E-state index contributed by atoms with van der Waals surface area (Å²) in [5.74, 6) is 0. The van der Waals surface area contributed by atoms with Gasteiger partial charge in [0.1, 0.15) is 0 Å². The van der Waals surface area contributed by atoms with Gasteiger partial charge in [-0.2, -0.15) is 13.2 Å². The first-order valence-corrected chi connectivity index (χ1v) is 4.79. The van der Waals surface area contributed by atoms with Crippen LogP contribution in [0.15, 0.2) is 0 Å². The lowest BCUT2D eigenvalue weighted by Crippen LogP contribution is -2.28. The predicted molar refractivity (Wildman–Crippen MR) is 49.8 cm³/mol. The summed E-state index contributed by atoms with van der Waals surface area (Å²) < 4.78 is 37.7. The Labute approximate surface area is 88.7 Å². The first-order chi connectivity index (χ1) is 6.98. The van der Waals surface area contributed by atoms with Crippen molar-refractivity contribution in [3.8, 4) is 0 Å². The van der Waals surface area contributed by atoms with Crippen molar-refractivity contribution in [3.63, 3.8) is 0 Å². The zero-order chi connectivity index (χ0) is 11.1. The molecule has 0 spiro atoms. The van der Waals surface area contributed by atoms with Crippen molar-refractivity contribution in [3.05, 3.63) is 21.7 Å². The predicted octanol–water partition coefficient (Wildman–Crippen LogP) is 1.80. The van der Waals surface area contributed by atoms with Crippen molar-refractivity contribution in [2.24, 2.45) is 0 Å². The molecule has 1 aliphatic rings. The summed E-state index contributed by atoms with van der Waals surface area (Å²) in [5, 5.41) is 2.97. The van der Waals surface area contributed by atoms with E-state index in [0.29, 0.717) is 25.2 Å². The lowest BCUT2D eigenvalue weighted by atomic mass is 10.0. The highest BCUT2D eigenvalue weighted by molar-refractivity contribution is 7.71. The van der Waals surface area contributed by atoms with Gasteiger partial charge in [0.05, 0.1) is 0 Å². The molecule has 1 aliphatic heterocycles. The third-order valence-electron chi connectivity index (χ3n) is 2.24. The molecule has 0 saturated heterocycles. The van der Waals surface area contributed by atoms with Crippen molar-refractivity contribution in [1.29, 1.82) is 0 Å². The van der Waals surface area contributed by atoms with Gasteiger partial charge in [0.2, 0.25) is 0 Å². The van der Waals surface area contributed by atoms with Crippen molar-refractivity contribution in [2.75, 3.05) is 6.54 Å². The second-order valence-corrected chi connectivity index (χ2v) is 3.66. The van der Waals surface area contributed by atoms with Gasteiger partial charge in [-0.1, -0.05) is 0 Å². The maximum absolute atomic E-state index is 12.6. The Balaban J connectivity index is 2.63. The molecule has 1 aromatic rings. The van der Waals surface area contributed by atoms with Crippen LogP contribution < -0.4 is 5.32 Å². The van der Waals surface area contributed by atoms with Crippen molar-refractivity contribution < 1.29 is 13.2 Å². The van der Waals surface area contributed by atoms with Gasteiger partial charge in [-0.15, -0.1) is 0 Å². The lowest BCUT2D eigenvalue weighted by molar-refractivity contribution is -0.142. The Morgan fingerprint density at radius 3 is 2.73 bits per heavy atom. The number of nitrogens with zero attached hydrogens (tertiary/aromatic N) is 1. The van der Waals surface area contributed by atoms with Crippen molar-refractivity contribution >= 4 is 12.2 Å². The van der Waals surface area contributed by atoms with E-state index >= 15 is 0 Å². The number of aromatic nitrogens is 2. The number of rotatable bonds is 0. The summed E-state index contributed by atoms with van der Waals surface area (Å²) in [4.78, 5) is 6.05. The lowest BCUT2D eigenvalue weighted by Gasteiger charge is -2.20. The molecule has 2 N–H and O–H groups in total. The quantitative estimate of drug-likeness (QED) is 0.674. The number of halogens is 3. The minimum absolute atomic E-state index is 0.121. The Bertz CT molecular complexity index is 438. The normalized spacial score (nSPS) is 16.2. The molecule has 7 heteroatoms. The number of H-pyrrole nitrogens is 1. The van der Waals surface area contributed by atoms with Crippen LogP contribution in [-0.4, -0.2) is 16.5 Å². The highest BCUT2D eigenvalue weighted by Gasteiger charge is 2.37. The van der Waals surface area contributed by atoms with Crippen LogP contribution in [0.2, 0.25) is 0 Å². The molecule has 0 aromatic carbocycles. The molecule has 1 aromatic heterocycles. The summed E-state index contributed by atoms with van der Waals surface area (Å²) in [7, 11) is 0. The number of nitrogens with one attached hydrogen (secondary N) is 2. The molecule has 2 heterocycles. The highest BCUT2D eigenvalue weighted by atomic mass is 32.1. The second-order valence-electron chi connectivity index (χ2n) is 3.27. The van der Waals surface area contributed by atoms with Crippen LogP contribution in [0.5, 0.6) is 0 Å². The fraction of sp³-hybridized carbons (Fsp3) is 0.500. The Morgan fingerprint density at radius 2 is 2.07 bits per heavy atom. The molecular weight excluding hydrogens is 227 g/mol. The summed E-state index contributed by atoms with van der Waals surface area (Å²) >= 11 is 4.66. The SMILES string of the molecule is FC(F)(F)c1nc(=S)[nH]c2c1CCNC2. The number of fused-ring (bicyclic) bond motifs is 1. The van der Waals surface area contributed by atoms with Gasteiger partial charge < -0.3 is 10.3 Å². The van der Waals surface area contributed by atoms with E-state index in [-0.39, 0.29) is 10.3 Å². The average molecular weight is 235 g/mol. The van der Waals surface area contributed by atoms with Gasteiger partial charge in [-0.3, -0.25) is 0 Å². The van der Waals surface area contributed by atoms with E-state index < -0.39 is 11.9 Å². The van der Waals surface area contributed by atoms with E-state index in [4.69, 9.17) is 0 Å².